The average Bonchev–Trinajstić information content (AvgIpc) is 2.35. The SMILES string of the molecule is COCCCNC(=O)c1cc(OC)ccc1Br. The van der Waals surface area contributed by atoms with Gasteiger partial charge in [0, 0.05) is 24.7 Å². The van der Waals surface area contributed by atoms with Gasteiger partial charge in [0.25, 0.3) is 5.91 Å². The first-order valence-electron chi connectivity index (χ1n) is 5.29. The molecule has 0 unspecified atom stereocenters. The summed E-state index contributed by atoms with van der Waals surface area (Å²) in [6, 6.07) is 5.30. The number of halogens is 1. The highest BCUT2D eigenvalue weighted by Crippen LogP contribution is 2.22. The number of hydrogen-bond donors (Lipinski definition) is 1. The third-order valence-corrected chi connectivity index (χ3v) is 2.92. The topological polar surface area (TPSA) is 47.6 Å². The zero-order valence-electron chi connectivity index (χ0n) is 9.96. The van der Waals surface area contributed by atoms with E-state index in [2.05, 4.69) is 21.2 Å². The number of carbonyl (C=O) groups excluding carboxylic acids is 1. The number of hydrogen-bond acceptors (Lipinski definition) is 3. The van der Waals surface area contributed by atoms with Crippen LogP contribution in [0.4, 0.5) is 0 Å². The predicted molar refractivity (Wildman–Crippen MR) is 69.5 cm³/mol. The first-order chi connectivity index (χ1) is 8.19. The van der Waals surface area contributed by atoms with Crippen LogP contribution in [-0.2, 0) is 4.74 Å². The van der Waals surface area contributed by atoms with Crippen LogP contribution in [0.2, 0.25) is 0 Å². The molecular formula is C12H16BrNO3. The van der Waals surface area contributed by atoms with Crippen molar-refractivity contribution in [2.45, 2.75) is 6.42 Å². The molecule has 17 heavy (non-hydrogen) atoms. The molecule has 0 aliphatic heterocycles. The fourth-order valence-corrected chi connectivity index (χ4v) is 1.75. The summed E-state index contributed by atoms with van der Waals surface area (Å²) in [5, 5.41) is 2.82. The van der Waals surface area contributed by atoms with Crippen molar-refractivity contribution in [3.63, 3.8) is 0 Å². The van der Waals surface area contributed by atoms with E-state index in [1.807, 2.05) is 0 Å². The average molecular weight is 302 g/mol. The normalized spacial score (nSPS) is 10.1. The highest BCUT2D eigenvalue weighted by Gasteiger charge is 2.10. The van der Waals surface area contributed by atoms with Gasteiger partial charge < -0.3 is 14.8 Å². The molecule has 0 aliphatic carbocycles. The lowest BCUT2D eigenvalue weighted by atomic mass is 10.2. The standard InChI is InChI=1S/C12H16BrNO3/c1-16-7-3-6-14-12(15)10-8-9(17-2)4-5-11(10)13/h4-5,8H,3,6-7H2,1-2H3,(H,14,15). The molecule has 1 aromatic rings. The highest BCUT2D eigenvalue weighted by atomic mass is 79.9. The molecular weight excluding hydrogens is 286 g/mol. The summed E-state index contributed by atoms with van der Waals surface area (Å²) in [7, 11) is 3.21. The van der Waals surface area contributed by atoms with Crippen LogP contribution in [0.1, 0.15) is 16.8 Å². The number of ether oxygens (including phenoxy) is 2. The Hall–Kier alpha value is -1.07. The Morgan fingerprint density at radius 3 is 2.82 bits per heavy atom. The molecule has 0 fully saturated rings. The molecule has 1 aromatic carbocycles. The second kappa shape index (κ2) is 7.29. The quantitative estimate of drug-likeness (QED) is 0.820. The maximum absolute atomic E-state index is 11.9. The monoisotopic (exact) mass is 301 g/mol. The maximum Gasteiger partial charge on any atom is 0.252 e. The van der Waals surface area contributed by atoms with Gasteiger partial charge in [-0.1, -0.05) is 0 Å². The molecule has 0 heterocycles. The predicted octanol–water partition coefficient (Wildman–Crippen LogP) is 2.22. The fourth-order valence-electron chi connectivity index (χ4n) is 1.32. The zero-order chi connectivity index (χ0) is 12.7. The third kappa shape index (κ3) is 4.36. The summed E-state index contributed by atoms with van der Waals surface area (Å²) < 4.78 is 10.7. The molecule has 1 N–H and O–H groups in total. The fraction of sp³-hybridized carbons (Fsp3) is 0.417. The molecule has 0 spiro atoms. The summed E-state index contributed by atoms with van der Waals surface area (Å²) in [4.78, 5) is 11.9. The van der Waals surface area contributed by atoms with E-state index >= 15 is 0 Å². The Morgan fingerprint density at radius 2 is 2.18 bits per heavy atom. The number of nitrogens with one attached hydrogen (secondary N) is 1. The first-order valence-corrected chi connectivity index (χ1v) is 6.09. The molecule has 1 rings (SSSR count). The molecule has 0 atom stereocenters. The second-order valence-corrected chi connectivity index (χ2v) is 4.30. The molecule has 0 radical (unpaired) electrons. The van der Waals surface area contributed by atoms with E-state index < -0.39 is 0 Å². The van der Waals surface area contributed by atoms with Gasteiger partial charge in [-0.3, -0.25) is 4.79 Å². The van der Waals surface area contributed by atoms with Gasteiger partial charge in [-0.15, -0.1) is 0 Å². The third-order valence-electron chi connectivity index (χ3n) is 2.23. The molecule has 0 saturated carbocycles. The number of methoxy groups -OCH3 is 2. The largest absolute Gasteiger partial charge is 0.497 e. The number of amides is 1. The minimum Gasteiger partial charge on any atom is -0.497 e. The van der Waals surface area contributed by atoms with Crippen molar-refractivity contribution in [1.82, 2.24) is 5.32 Å². The summed E-state index contributed by atoms with van der Waals surface area (Å²) in [6.07, 6.45) is 0.795. The van der Waals surface area contributed by atoms with Gasteiger partial charge in [0.1, 0.15) is 5.75 Å². The summed E-state index contributed by atoms with van der Waals surface area (Å²) >= 11 is 3.34. The lowest BCUT2D eigenvalue weighted by Crippen LogP contribution is -2.25. The summed E-state index contributed by atoms with van der Waals surface area (Å²) in [5.74, 6) is 0.544. The maximum atomic E-state index is 11.9. The lowest BCUT2D eigenvalue weighted by Gasteiger charge is -2.08. The van der Waals surface area contributed by atoms with Crippen molar-refractivity contribution in [2.75, 3.05) is 27.4 Å². The van der Waals surface area contributed by atoms with Crippen molar-refractivity contribution in [3.8, 4) is 5.75 Å². The van der Waals surface area contributed by atoms with Crippen LogP contribution in [0.25, 0.3) is 0 Å². The summed E-state index contributed by atoms with van der Waals surface area (Å²) in [6.45, 7) is 1.23. The number of benzene rings is 1. The van der Waals surface area contributed by atoms with Gasteiger partial charge in [-0.05, 0) is 40.5 Å². The molecule has 94 valence electrons. The molecule has 5 heteroatoms. The van der Waals surface area contributed by atoms with E-state index in [1.165, 1.54) is 0 Å². The molecule has 1 amide bonds. The molecule has 0 aromatic heterocycles. The Kier molecular flexibility index (Phi) is 6.00. The van der Waals surface area contributed by atoms with Gasteiger partial charge in [-0.2, -0.15) is 0 Å². The van der Waals surface area contributed by atoms with Crippen molar-refractivity contribution < 1.29 is 14.3 Å². The van der Waals surface area contributed by atoms with Crippen LogP contribution in [-0.4, -0.2) is 33.3 Å². The molecule has 0 bridgehead atoms. The van der Waals surface area contributed by atoms with Gasteiger partial charge in [0.15, 0.2) is 0 Å². The van der Waals surface area contributed by atoms with E-state index in [4.69, 9.17) is 9.47 Å². The van der Waals surface area contributed by atoms with Crippen LogP contribution in [0.5, 0.6) is 5.75 Å². The van der Waals surface area contributed by atoms with Gasteiger partial charge in [0.05, 0.1) is 12.7 Å². The first kappa shape index (κ1) is 14.0. The zero-order valence-corrected chi connectivity index (χ0v) is 11.5. The van der Waals surface area contributed by atoms with E-state index in [1.54, 1.807) is 32.4 Å². The molecule has 4 nitrogen and oxygen atoms in total. The molecule has 0 saturated heterocycles. The van der Waals surface area contributed by atoms with Gasteiger partial charge in [0.2, 0.25) is 0 Å². The van der Waals surface area contributed by atoms with Crippen LogP contribution in [0.15, 0.2) is 22.7 Å². The van der Waals surface area contributed by atoms with Crippen molar-refractivity contribution in [3.05, 3.63) is 28.2 Å². The minimum absolute atomic E-state index is 0.119. The van der Waals surface area contributed by atoms with E-state index in [-0.39, 0.29) is 5.91 Å². The summed E-state index contributed by atoms with van der Waals surface area (Å²) in [5.41, 5.74) is 0.571. The van der Waals surface area contributed by atoms with E-state index in [9.17, 15) is 4.79 Å². The van der Waals surface area contributed by atoms with E-state index in [0.717, 1.165) is 10.9 Å². The second-order valence-electron chi connectivity index (χ2n) is 3.45. The Balaban J connectivity index is 2.61. The van der Waals surface area contributed by atoms with Crippen LogP contribution in [0.3, 0.4) is 0 Å². The van der Waals surface area contributed by atoms with Crippen LogP contribution < -0.4 is 10.1 Å². The number of rotatable bonds is 6. The molecule has 0 aliphatic rings. The van der Waals surface area contributed by atoms with Crippen molar-refractivity contribution in [1.29, 1.82) is 0 Å². The minimum atomic E-state index is -0.119. The Labute approximate surface area is 109 Å². The lowest BCUT2D eigenvalue weighted by molar-refractivity contribution is 0.0947. The highest BCUT2D eigenvalue weighted by molar-refractivity contribution is 9.10. The van der Waals surface area contributed by atoms with Crippen molar-refractivity contribution >= 4 is 21.8 Å². The van der Waals surface area contributed by atoms with Crippen molar-refractivity contribution in [2.24, 2.45) is 0 Å². The smallest absolute Gasteiger partial charge is 0.252 e. The van der Waals surface area contributed by atoms with Gasteiger partial charge in [-0.25, -0.2) is 0 Å². The van der Waals surface area contributed by atoms with E-state index in [0.29, 0.717) is 24.5 Å². The van der Waals surface area contributed by atoms with Crippen LogP contribution >= 0.6 is 15.9 Å². The Morgan fingerprint density at radius 1 is 1.41 bits per heavy atom. The van der Waals surface area contributed by atoms with Gasteiger partial charge >= 0.3 is 0 Å². The van der Waals surface area contributed by atoms with Crippen LogP contribution in [0, 0.1) is 0 Å². The number of carbonyl (C=O) groups is 1. The Bertz CT molecular complexity index is 382.